The van der Waals surface area contributed by atoms with Gasteiger partial charge in [0.15, 0.2) is 0 Å². The third-order valence-electron chi connectivity index (χ3n) is 2.90. The largest absolute Gasteiger partial charge is 0.379 e. The van der Waals surface area contributed by atoms with Crippen molar-refractivity contribution in [1.29, 1.82) is 0 Å². The average Bonchev–Trinajstić information content (AvgIpc) is 2.73. The van der Waals surface area contributed by atoms with Gasteiger partial charge in [0.2, 0.25) is 0 Å². The predicted octanol–water partition coefficient (Wildman–Crippen LogP) is 0.470. The highest BCUT2D eigenvalue weighted by Crippen LogP contribution is 2.20. The third kappa shape index (κ3) is 1.96. The Balaban J connectivity index is 1.91. The molecule has 1 unspecified atom stereocenters. The zero-order valence-electron chi connectivity index (χ0n) is 8.57. The second kappa shape index (κ2) is 3.71. The summed E-state index contributed by atoms with van der Waals surface area (Å²) in [6.07, 6.45) is 6.64. The van der Waals surface area contributed by atoms with Gasteiger partial charge in [-0.25, -0.2) is 4.98 Å². The van der Waals surface area contributed by atoms with Gasteiger partial charge < -0.3 is 15.0 Å². The Morgan fingerprint density at radius 1 is 1.71 bits per heavy atom. The van der Waals surface area contributed by atoms with Crippen LogP contribution in [0, 0.1) is 0 Å². The molecule has 1 aromatic heterocycles. The van der Waals surface area contributed by atoms with Crippen LogP contribution in [0.4, 0.5) is 0 Å². The number of hydrogen-bond acceptors (Lipinski definition) is 3. The van der Waals surface area contributed by atoms with Crippen LogP contribution in [0.15, 0.2) is 12.4 Å². The first kappa shape index (κ1) is 9.68. The van der Waals surface area contributed by atoms with E-state index < -0.39 is 0 Å². The molecule has 1 aliphatic heterocycles. The van der Waals surface area contributed by atoms with Crippen molar-refractivity contribution < 1.29 is 4.74 Å². The van der Waals surface area contributed by atoms with E-state index in [2.05, 4.69) is 4.98 Å². The molecular weight excluding hydrogens is 178 g/mol. The number of rotatable bonds is 3. The first-order valence-electron chi connectivity index (χ1n) is 5.02. The molecule has 0 aromatic carbocycles. The van der Waals surface area contributed by atoms with Crippen LogP contribution in [-0.4, -0.2) is 28.3 Å². The summed E-state index contributed by atoms with van der Waals surface area (Å²) in [5, 5.41) is 0. The van der Waals surface area contributed by atoms with Crippen molar-refractivity contribution in [2.75, 3.05) is 13.2 Å². The Kier molecular flexibility index (Phi) is 2.56. The van der Waals surface area contributed by atoms with Gasteiger partial charge in [0.25, 0.3) is 0 Å². The van der Waals surface area contributed by atoms with Crippen LogP contribution in [0.1, 0.15) is 18.7 Å². The molecule has 0 saturated carbocycles. The fourth-order valence-electron chi connectivity index (χ4n) is 1.82. The fourth-order valence-corrected chi connectivity index (χ4v) is 1.82. The van der Waals surface area contributed by atoms with Crippen molar-refractivity contribution in [3.8, 4) is 0 Å². The van der Waals surface area contributed by atoms with E-state index in [1.54, 1.807) is 0 Å². The van der Waals surface area contributed by atoms with E-state index in [-0.39, 0.29) is 5.54 Å². The van der Waals surface area contributed by atoms with Gasteiger partial charge in [0.05, 0.1) is 6.61 Å². The number of imidazole rings is 1. The Bertz CT molecular complexity index is 302. The molecule has 1 aromatic rings. The van der Waals surface area contributed by atoms with Gasteiger partial charge in [0.1, 0.15) is 5.82 Å². The first-order valence-corrected chi connectivity index (χ1v) is 5.02. The van der Waals surface area contributed by atoms with Gasteiger partial charge in [-0.15, -0.1) is 0 Å². The lowest BCUT2D eigenvalue weighted by Gasteiger charge is -2.20. The molecule has 0 amide bonds. The van der Waals surface area contributed by atoms with E-state index in [1.165, 1.54) is 0 Å². The summed E-state index contributed by atoms with van der Waals surface area (Å²) < 4.78 is 7.35. The van der Waals surface area contributed by atoms with Crippen LogP contribution in [0.2, 0.25) is 0 Å². The third-order valence-corrected chi connectivity index (χ3v) is 2.90. The molecule has 1 aliphatic rings. The molecule has 14 heavy (non-hydrogen) atoms. The zero-order chi connectivity index (χ0) is 10.0. The van der Waals surface area contributed by atoms with Crippen molar-refractivity contribution in [3.63, 3.8) is 0 Å². The molecule has 2 N–H and O–H groups in total. The van der Waals surface area contributed by atoms with Gasteiger partial charge in [-0.2, -0.15) is 0 Å². The minimum absolute atomic E-state index is 0.119. The standard InChI is InChI=1S/C10H17N3O/c1-13-6-5-12-9(13)2-3-10(11)4-7-14-8-10/h5-6H,2-4,7-8,11H2,1H3. The van der Waals surface area contributed by atoms with E-state index >= 15 is 0 Å². The van der Waals surface area contributed by atoms with Gasteiger partial charge in [-0.05, 0) is 12.8 Å². The summed E-state index contributed by atoms with van der Waals surface area (Å²) in [4.78, 5) is 4.27. The van der Waals surface area contributed by atoms with Crippen molar-refractivity contribution in [2.24, 2.45) is 12.8 Å². The molecule has 1 fully saturated rings. The molecule has 1 atom stereocenters. The highest BCUT2D eigenvalue weighted by atomic mass is 16.5. The normalized spacial score (nSPS) is 27.0. The number of aromatic nitrogens is 2. The molecular formula is C10H17N3O. The summed E-state index contributed by atoms with van der Waals surface area (Å²) >= 11 is 0. The highest BCUT2D eigenvalue weighted by Gasteiger charge is 2.30. The smallest absolute Gasteiger partial charge is 0.108 e. The van der Waals surface area contributed by atoms with Crippen molar-refractivity contribution in [2.45, 2.75) is 24.8 Å². The molecule has 78 valence electrons. The van der Waals surface area contributed by atoms with Crippen molar-refractivity contribution in [1.82, 2.24) is 9.55 Å². The second-order valence-corrected chi connectivity index (χ2v) is 4.12. The Labute approximate surface area is 84.1 Å². The molecule has 0 radical (unpaired) electrons. The van der Waals surface area contributed by atoms with E-state index in [9.17, 15) is 0 Å². The van der Waals surface area contributed by atoms with Crippen molar-refractivity contribution in [3.05, 3.63) is 18.2 Å². The zero-order valence-corrected chi connectivity index (χ0v) is 8.57. The summed E-state index contributed by atoms with van der Waals surface area (Å²) in [6.45, 7) is 1.49. The Hall–Kier alpha value is -0.870. The van der Waals surface area contributed by atoms with Crippen LogP contribution in [0.5, 0.6) is 0 Å². The summed E-state index contributed by atoms with van der Waals surface area (Å²) in [6, 6.07) is 0. The average molecular weight is 195 g/mol. The molecule has 2 rings (SSSR count). The highest BCUT2D eigenvalue weighted by molar-refractivity contribution is 4.96. The predicted molar refractivity (Wildman–Crippen MR) is 53.9 cm³/mol. The van der Waals surface area contributed by atoms with Gasteiger partial charge in [-0.3, -0.25) is 0 Å². The molecule has 0 spiro atoms. The Morgan fingerprint density at radius 2 is 2.57 bits per heavy atom. The number of hydrogen-bond donors (Lipinski definition) is 1. The molecule has 0 bridgehead atoms. The molecule has 0 aliphatic carbocycles. The van der Waals surface area contributed by atoms with Crippen molar-refractivity contribution >= 4 is 0 Å². The van der Waals surface area contributed by atoms with Crippen LogP contribution in [-0.2, 0) is 18.2 Å². The second-order valence-electron chi connectivity index (χ2n) is 4.12. The lowest BCUT2D eigenvalue weighted by molar-refractivity contribution is 0.175. The lowest BCUT2D eigenvalue weighted by Crippen LogP contribution is -2.40. The first-order chi connectivity index (χ1) is 6.70. The number of aryl methyl sites for hydroxylation is 2. The fraction of sp³-hybridized carbons (Fsp3) is 0.700. The minimum atomic E-state index is -0.119. The monoisotopic (exact) mass is 195 g/mol. The van der Waals surface area contributed by atoms with Gasteiger partial charge in [0, 0.05) is 38.0 Å². The lowest BCUT2D eigenvalue weighted by atomic mass is 9.94. The van der Waals surface area contributed by atoms with Crippen LogP contribution in [0.3, 0.4) is 0 Å². The van der Waals surface area contributed by atoms with Crippen LogP contribution in [0.25, 0.3) is 0 Å². The van der Waals surface area contributed by atoms with Gasteiger partial charge >= 0.3 is 0 Å². The number of ether oxygens (including phenoxy) is 1. The topological polar surface area (TPSA) is 53.1 Å². The molecule has 4 heteroatoms. The minimum Gasteiger partial charge on any atom is -0.379 e. The SMILES string of the molecule is Cn1ccnc1CCC1(N)CCOC1. The number of nitrogens with two attached hydrogens (primary N) is 1. The van der Waals surface area contributed by atoms with E-state index in [1.807, 2.05) is 24.0 Å². The van der Waals surface area contributed by atoms with E-state index in [0.717, 1.165) is 31.7 Å². The molecule has 2 heterocycles. The summed E-state index contributed by atoms with van der Waals surface area (Å²) in [7, 11) is 2.01. The van der Waals surface area contributed by atoms with E-state index in [0.29, 0.717) is 6.61 Å². The summed E-state index contributed by atoms with van der Waals surface area (Å²) in [5.74, 6) is 1.10. The van der Waals surface area contributed by atoms with Crippen LogP contribution < -0.4 is 5.73 Å². The van der Waals surface area contributed by atoms with E-state index in [4.69, 9.17) is 10.5 Å². The quantitative estimate of drug-likeness (QED) is 0.762. The molecule has 4 nitrogen and oxygen atoms in total. The Morgan fingerprint density at radius 3 is 3.14 bits per heavy atom. The summed E-state index contributed by atoms with van der Waals surface area (Å²) in [5.41, 5.74) is 6.04. The van der Waals surface area contributed by atoms with Crippen LogP contribution >= 0.6 is 0 Å². The maximum Gasteiger partial charge on any atom is 0.108 e. The maximum absolute atomic E-state index is 6.16. The number of nitrogens with zero attached hydrogens (tertiary/aromatic N) is 2. The molecule has 1 saturated heterocycles. The maximum atomic E-state index is 6.16. The van der Waals surface area contributed by atoms with Gasteiger partial charge in [-0.1, -0.05) is 0 Å².